The number of carboxylic acid groups (broad SMARTS) is 1. The number of oxazole rings is 1. The zero-order chi connectivity index (χ0) is 13.0. The molecule has 0 amide bonds. The molecule has 1 atom stereocenters. The quantitative estimate of drug-likeness (QED) is 0.718. The molecule has 0 spiro atoms. The van der Waals surface area contributed by atoms with Gasteiger partial charge in [-0.3, -0.25) is 4.79 Å². The fourth-order valence-electron chi connectivity index (χ4n) is 1.59. The molecule has 0 aliphatic carbocycles. The largest absolute Gasteiger partial charge is 0.481 e. The van der Waals surface area contributed by atoms with Crippen molar-refractivity contribution in [3.05, 3.63) is 24.6 Å². The van der Waals surface area contributed by atoms with E-state index in [4.69, 9.17) is 9.52 Å². The number of anilines is 1. The molecule has 0 aliphatic heterocycles. The Balaban J connectivity index is 1.87. The number of benzene rings is 1. The lowest BCUT2D eigenvalue weighted by atomic mass is 10.2. The molecule has 6 nitrogen and oxygen atoms in total. The van der Waals surface area contributed by atoms with Crippen molar-refractivity contribution in [1.29, 1.82) is 0 Å². The van der Waals surface area contributed by atoms with Gasteiger partial charge < -0.3 is 19.9 Å². The van der Waals surface area contributed by atoms with Crippen LogP contribution in [0.2, 0.25) is 0 Å². The first kappa shape index (κ1) is 12.4. The minimum atomic E-state index is -0.905. The molecule has 3 N–H and O–H groups in total. The SMILES string of the molecule is O=C(O)CCC(O)CNc1ccc2ncoc2c1. The summed E-state index contributed by atoms with van der Waals surface area (Å²) < 4.78 is 5.15. The monoisotopic (exact) mass is 250 g/mol. The van der Waals surface area contributed by atoms with Crippen LogP contribution in [0.1, 0.15) is 12.8 Å². The number of fused-ring (bicyclic) bond motifs is 1. The summed E-state index contributed by atoms with van der Waals surface area (Å²) in [5, 5.41) is 21.1. The lowest BCUT2D eigenvalue weighted by Crippen LogP contribution is -2.20. The van der Waals surface area contributed by atoms with Crippen molar-refractivity contribution in [1.82, 2.24) is 4.98 Å². The fourth-order valence-corrected chi connectivity index (χ4v) is 1.59. The zero-order valence-electron chi connectivity index (χ0n) is 9.67. The standard InChI is InChI=1S/C12H14N2O4/c15-9(2-4-12(16)17)6-13-8-1-3-10-11(5-8)18-7-14-10/h1,3,5,7,9,13,15H,2,4,6H2,(H,16,17). The van der Waals surface area contributed by atoms with Gasteiger partial charge in [0.1, 0.15) is 5.52 Å². The van der Waals surface area contributed by atoms with E-state index >= 15 is 0 Å². The Morgan fingerprint density at radius 1 is 1.50 bits per heavy atom. The van der Waals surface area contributed by atoms with E-state index in [9.17, 15) is 9.90 Å². The van der Waals surface area contributed by atoms with Crippen molar-refractivity contribution in [3.8, 4) is 0 Å². The van der Waals surface area contributed by atoms with Crippen molar-refractivity contribution in [2.75, 3.05) is 11.9 Å². The molecule has 1 unspecified atom stereocenters. The molecule has 1 heterocycles. The minimum Gasteiger partial charge on any atom is -0.481 e. The maximum absolute atomic E-state index is 10.3. The molecule has 6 heteroatoms. The normalized spacial score (nSPS) is 12.5. The Bertz CT molecular complexity index is 538. The van der Waals surface area contributed by atoms with Crippen molar-refractivity contribution in [3.63, 3.8) is 0 Å². The van der Waals surface area contributed by atoms with E-state index in [0.29, 0.717) is 12.1 Å². The molecule has 0 aliphatic rings. The van der Waals surface area contributed by atoms with Gasteiger partial charge in [0.25, 0.3) is 0 Å². The predicted octanol–water partition coefficient (Wildman–Crippen LogP) is 1.47. The molecule has 0 saturated carbocycles. The molecule has 18 heavy (non-hydrogen) atoms. The van der Waals surface area contributed by atoms with Crippen LogP contribution in [0.3, 0.4) is 0 Å². The highest BCUT2D eigenvalue weighted by molar-refractivity contribution is 5.76. The summed E-state index contributed by atoms with van der Waals surface area (Å²) >= 11 is 0. The molecule has 1 aromatic heterocycles. The van der Waals surface area contributed by atoms with Crippen molar-refractivity contribution < 1.29 is 19.4 Å². The number of nitrogens with one attached hydrogen (secondary N) is 1. The molecular formula is C12H14N2O4. The Kier molecular flexibility index (Phi) is 3.78. The van der Waals surface area contributed by atoms with Crippen LogP contribution in [-0.4, -0.2) is 33.8 Å². The topological polar surface area (TPSA) is 95.6 Å². The first-order valence-electron chi connectivity index (χ1n) is 5.62. The number of aliphatic carboxylic acids is 1. The van der Waals surface area contributed by atoms with Crippen molar-refractivity contribution >= 4 is 22.8 Å². The number of rotatable bonds is 6. The summed E-state index contributed by atoms with van der Waals surface area (Å²) in [5.41, 5.74) is 2.24. The maximum Gasteiger partial charge on any atom is 0.303 e. The Hall–Kier alpha value is -2.08. The van der Waals surface area contributed by atoms with Gasteiger partial charge in [-0.05, 0) is 18.6 Å². The van der Waals surface area contributed by atoms with E-state index in [0.717, 1.165) is 11.2 Å². The predicted molar refractivity (Wildman–Crippen MR) is 65.4 cm³/mol. The number of aromatic nitrogens is 1. The van der Waals surface area contributed by atoms with Crippen molar-refractivity contribution in [2.24, 2.45) is 0 Å². The van der Waals surface area contributed by atoms with Crippen LogP contribution < -0.4 is 5.32 Å². The average Bonchev–Trinajstić information content (AvgIpc) is 2.81. The van der Waals surface area contributed by atoms with Crippen LogP contribution in [0.25, 0.3) is 11.1 Å². The van der Waals surface area contributed by atoms with E-state index in [-0.39, 0.29) is 12.8 Å². The molecule has 0 saturated heterocycles. The summed E-state index contributed by atoms with van der Waals surface area (Å²) in [6, 6.07) is 5.42. The van der Waals surface area contributed by atoms with E-state index in [1.54, 1.807) is 6.07 Å². The third-order valence-electron chi connectivity index (χ3n) is 2.56. The minimum absolute atomic E-state index is 0.0377. The highest BCUT2D eigenvalue weighted by Crippen LogP contribution is 2.17. The first-order chi connectivity index (χ1) is 8.65. The summed E-state index contributed by atoms with van der Waals surface area (Å²) in [7, 11) is 0. The van der Waals surface area contributed by atoms with E-state index in [1.807, 2.05) is 12.1 Å². The van der Waals surface area contributed by atoms with Gasteiger partial charge in [-0.25, -0.2) is 4.98 Å². The van der Waals surface area contributed by atoms with E-state index < -0.39 is 12.1 Å². The highest BCUT2D eigenvalue weighted by atomic mass is 16.4. The summed E-state index contributed by atoms with van der Waals surface area (Å²) in [5.74, 6) is -0.905. The molecule has 2 aromatic rings. The van der Waals surface area contributed by atoms with E-state index in [2.05, 4.69) is 10.3 Å². The lowest BCUT2D eigenvalue weighted by molar-refractivity contribution is -0.137. The molecule has 1 aromatic carbocycles. The third kappa shape index (κ3) is 3.21. The Morgan fingerprint density at radius 2 is 2.33 bits per heavy atom. The molecule has 2 rings (SSSR count). The third-order valence-corrected chi connectivity index (χ3v) is 2.56. The van der Waals surface area contributed by atoms with Crippen LogP contribution in [0.5, 0.6) is 0 Å². The zero-order valence-corrected chi connectivity index (χ0v) is 9.67. The Labute approximate surface area is 103 Å². The van der Waals surface area contributed by atoms with Crippen LogP contribution >= 0.6 is 0 Å². The van der Waals surface area contributed by atoms with E-state index in [1.165, 1.54) is 6.39 Å². The fraction of sp³-hybridized carbons (Fsp3) is 0.333. The summed E-state index contributed by atoms with van der Waals surface area (Å²) in [6.07, 6.45) is 0.874. The maximum atomic E-state index is 10.3. The van der Waals surface area contributed by atoms with Gasteiger partial charge in [-0.15, -0.1) is 0 Å². The molecule has 0 bridgehead atoms. The van der Waals surface area contributed by atoms with Crippen LogP contribution in [-0.2, 0) is 4.79 Å². The Morgan fingerprint density at radius 3 is 3.11 bits per heavy atom. The number of hydrogen-bond acceptors (Lipinski definition) is 5. The average molecular weight is 250 g/mol. The number of aliphatic hydroxyl groups excluding tert-OH is 1. The van der Waals surface area contributed by atoms with Gasteiger partial charge in [0.15, 0.2) is 12.0 Å². The molecule has 0 radical (unpaired) electrons. The van der Waals surface area contributed by atoms with Crippen molar-refractivity contribution in [2.45, 2.75) is 18.9 Å². The number of carbonyl (C=O) groups is 1. The number of aliphatic hydroxyl groups is 1. The van der Waals surface area contributed by atoms with Crippen LogP contribution in [0.15, 0.2) is 29.0 Å². The molecular weight excluding hydrogens is 236 g/mol. The highest BCUT2D eigenvalue weighted by Gasteiger charge is 2.07. The van der Waals surface area contributed by atoms with Gasteiger partial charge in [0.2, 0.25) is 0 Å². The first-order valence-corrected chi connectivity index (χ1v) is 5.62. The summed E-state index contributed by atoms with van der Waals surface area (Å²) in [4.78, 5) is 14.3. The van der Waals surface area contributed by atoms with Gasteiger partial charge in [0.05, 0.1) is 6.10 Å². The number of nitrogens with zero attached hydrogens (tertiary/aromatic N) is 1. The second-order valence-corrected chi connectivity index (χ2v) is 4.00. The molecule has 96 valence electrons. The molecule has 0 fully saturated rings. The number of carboxylic acids is 1. The number of hydrogen-bond donors (Lipinski definition) is 3. The second kappa shape index (κ2) is 5.50. The van der Waals surface area contributed by atoms with Crippen LogP contribution in [0, 0.1) is 0 Å². The van der Waals surface area contributed by atoms with Crippen LogP contribution in [0.4, 0.5) is 5.69 Å². The van der Waals surface area contributed by atoms with Gasteiger partial charge >= 0.3 is 5.97 Å². The second-order valence-electron chi connectivity index (χ2n) is 4.00. The summed E-state index contributed by atoms with van der Waals surface area (Å²) in [6.45, 7) is 0.299. The lowest BCUT2D eigenvalue weighted by Gasteiger charge is -2.11. The van der Waals surface area contributed by atoms with Gasteiger partial charge in [-0.1, -0.05) is 0 Å². The van der Waals surface area contributed by atoms with Gasteiger partial charge in [-0.2, -0.15) is 0 Å². The van der Waals surface area contributed by atoms with Gasteiger partial charge in [0, 0.05) is 24.7 Å². The smallest absolute Gasteiger partial charge is 0.303 e.